The second-order valence-electron chi connectivity index (χ2n) is 10.1. The normalized spacial score (nSPS) is 17.0. The molecule has 2 aromatic carbocycles. The van der Waals surface area contributed by atoms with Crippen molar-refractivity contribution in [3.63, 3.8) is 0 Å². The van der Waals surface area contributed by atoms with E-state index >= 15 is 0 Å². The number of ether oxygens (including phenoxy) is 1. The lowest BCUT2D eigenvalue weighted by Crippen LogP contribution is -2.46. The number of hydrogen-bond acceptors (Lipinski definition) is 5. The van der Waals surface area contributed by atoms with Crippen LogP contribution in [0.3, 0.4) is 0 Å². The number of nitrogens with one attached hydrogen (secondary N) is 1. The highest BCUT2D eigenvalue weighted by Gasteiger charge is 2.36. The molecule has 2 heterocycles. The minimum absolute atomic E-state index is 0.127. The minimum Gasteiger partial charge on any atom is -0.459 e. The van der Waals surface area contributed by atoms with Crippen molar-refractivity contribution in [2.24, 2.45) is 0 Å². The van der Waals surface area contributed by atoms with Crippen LogP contribution in [0.1, 0.15) is 59.0 Å². The van der Waals surface area contributed by atoms with Crippen LogP contribution in [-0.4, -0.2) is 44.2 Å². The van der Waals surface area contributed by atoms with Crippen molar-refractivity contribution in [1.29, 1.82) is 0 Å². The quantitative estimate of drug-likeness (QED) is 0.483. The van der Waals surface area contributed by atoms with Crippen LogP contribution in [-0.2, 0) is 9.53 Å². The van der Waals surface area contributed by atoms with Gasteiger partial charge >= 0.3 is 0 Å². The number of hydrogen-bond donors (Lipinski definition) is 1. The molecular weight excluding hydrogens is 466 g/mol. The van der Waals surface area contributed by atoms with E-state index < -0.39 is 6.04 Å². The Morgan fingerprint density at radius 2 is 1.65 bits per heavy atom. The van der Waals surface area contributed by atoms with Crippen LogP contribution < -0.4 is 15.1 Å². The molecule has 2 fully saturated rings. The van der Waals surface area contributed by atoms with Gasteiger partial charge in [-0.2, -0.15) is 0 Å². The molecule has 1 atom stereocenters. The van der Waals surface area contributed by atoms with Gasteiger partial charge in [0.1, 0.15) is 6.04 Å². The van der Waals surface area contributed by atoms with Gasteiger partial charge in [-0.3, -0.25) is 14.5 Å². The summed E-state index contributed by atoms with van der Waals surface area (Å²) in [6.07, 6.45) is 5.62. The number of carbonyl (C=O) groups is 2. The molecule has 2 amide bonds. The summed E-state index contributed by atoms with van der Waals surface area (Å²) in [5, 5.41) is 3.24. The van der Waals surface area contributed by atoms with Gasteiger partial charge in [0.15, 0.2) is 5.76 Å². The summed E-state index contributed by atoms with van der Waals surface area (Å²) >= 11 is 0. The van der Waals surface area contributed by atoms with Crippen molar-refractivity contribution in [3.8, 4) is 0 Å². The van der Waals surface area contributed by atoms with Gasteiger partial charge in [0.25, 0.3) is 5.91 Å². The summed E-state index contributed by atoms with van der Waals surface area (Å²) in [5.41, 5.74) is 4.54. The molecule has 0 spiro atoms. The van der Waals surface area contributed by atoms with Crippen LogP contribution in [0.5, 0.6) is 0 Å². The molecule has 2 aliphatic rings. The van der Waals surface area contributed by atoms with Crippen molar-refractivity contribution in [3.05, 3.63) is 83.3 Å². The van der Waals surface area contributed by atoms with Crippen molar-refractivity contribution in [2.45, 2.75) is 51.6 Å². The minimum atomic E-state index is -0.849. The van der Waals surface area contributed by atoms with Gasteiger partial charge in [-0.25, -0.2) is 0 Å². The number of rotatable bonds is 7. The molecule has 1 saturated heterocycles. The molecule has 5 rings (SSSR count). The first-order valence-electron chi connectivity index (χ1n) is 13.2. The zero-order chi connectivity index (χ0) is 25.8. The standard InChI is InChI=1S/C30H35N3O4/c1-21-18-22(2)20-26(19-21)33(30(35)27-8-5-15-37-27)28(29(34)31-24-6-3-4-7-24)23-9-11-25(12-10-23)32-13-16-36-17-14-32/h5,8-12,15,18-20,24,28H,3-4,6-7,13-14,16-17H2,1-2H3,(H,31,34). The lowest BCUT2D eigenvalue weighted by atomic mass is 10.00. The van der Waals surface area contributed by atoms with E-state index in [1.54, 1.807) is 17.0 Å². The lowest BCUT2D eigenvalue weighted by Gasteiger charge is -2.33. The smallest absolute Gasteiger partial charge is 0.294 e. The second-order valence-corrected chi connectivity index (χ2v) is 10.1. The summed E-state index contributed by atoms with van der Waals surface area (Å²) in [5.74, 6) is -0.327. The lowest BCUT2D eigenvalue weighted by molar-refractivity contribution is -0.123. The molecule has 1 N–H and O–H groups in total. The van der Waals surface area contributed by atoms with Crippen molar-refractivity contribution < 1.29 is 18.7 Å². The Kier molecular flexibility index (Phi) is 7.60. The SMILES string of the molecule is Cc1cc(C)cc(N(C(=O)c2ccco2)C(C(=O)NC2CCCC2)c2ccc(N3CCOCC3)cc2)c1. The molecule has 0 bridgehead atoms. The Morgan fingerprint density at radius 1 is 0.973 bits per heavy atom. The van der Waals surface area contributed by atoms with Gasteiger partial charge in [0.2, 0.25) is 5.91 Å². The zero-order valence-electron chi connectivity index (χ0n) is 21.6. The fourth-order valence-corrected chi connectivity index (χ4v) is 5.45. The molecular formula is C30H35N3O4. The molecule has 1 saturated carbocycles. The van der Waals surface area contributed by atoms with Crippen LogP contribution in [0.15, 0.2) is 65.3 Å². The molecule has 7 heteroatoms. The maximum atomic E-state index is 14.0. The maximum Gasteiger partial charge on any atom is 0.294 e. The third-order valence-corrected chi connectivity index (χ3v) is 7.23. The summed E-state index contributed by atoms with van der Waals surface area (Å²) in [4.78, 5) is 31.8. The number of furan rings is 1. The van der Waals surface area contributed by atoms with E-state index in [1.807, 2.05) is 50.2 Å². The molecule has 194 valence electrons. The Balaban J connectivity index is 1.57. The Labute approximate surface area is 218 Å². The number of nitrogens with zero attached hydrogens (tertiary/aromatic N) is 2. The van der Waals surface area contributed by atoms with E-state index in [2.05, 4.69) is 16.3 Å². The van der Waals surface area contributed by atoms with Gasteiger partial charge < -0.3 is 19.4 Å². The predicted octanol–water partition coefficient (Wildman–Crippen LogP) is 5.18. The van der Waals surface area contributed by atoms with Crippen LogP contribution in [0.25, 0.3) is 0 Å². The average molecular weight is 502 g/mol. The third-order valence-electron chi connectivity index (χ3n) is 7.23. The zero-order valence-corrected chi connectivity index (χ0v) is 21.6. The summed E-state index contributed by atoms with van der Waals surface area (Å²) in [7, 11) is 0. The van der Waals surface area contributed by atoms with Crippen LogP contribution in [0.4, 0.5) is 11.4 Å². The fourth-order valence-electron chi connectivity index (χ4n) is 5.45. The first kappa shape index (κ1) is 25.1. The summed E-state index contributed by atoms with van der Waals surface area (Å²) < 4.78 is 11.0. The number of benzene rings is 2. The monoisotopic (exact) mass is 501 g/mol. The number of carbonyl (C=O) groups excluding carboxylic acids is 2. The van der Waals surface area contributed by atoms with Crippen LogP contribution in [0, 0.1) is 13.8 Å². The van der Waals surface area contributed by atoms with E-state index in [0.717, 1.165) is 61.2 Å². The Bertz CT molecular complexity index is 1190. The van der Waals surface area contributed by atoms with Gasteiger partial charge in [0.05, 0.1) is 19.5 Å². The van der Waals surface area contributed by atoms with Crippen LogP contribution >= 0.6 is 0 Å². The highest BCUT2D eigenvalue weighted by Crippen LogP contribution is 2.33. The van der Waals surface area contributed by atoms with Gasteiger partial charge in [-0.1, -0.05) is 31.0 Å². The largest absolute Gasteiger partial charge is 0.459 e. The Morgan fingerprint density at radius 3 is 2.27 bits per heavy atom. The number of morpholine rings is 1. The van der Waals surface area contributed by atoms with E-state index in [4.69, 9.17) is 9.15 Å². The van der Waals surface area contributed by atoms with Gasteiger partial charge in [0, 0.05) is 30.5 Å². The van der Waals surface area contributed by atoms with E-state index in [-0.39, 0.29) is 23.6 Å². The van der Waals surface area contributed by atoms with Crippen LogP contribution in [0.2, 0.25) is 0 Å². The Hall–Kier alpha value is -3.58. The number of amides is 2. The van der Waals surface area contributed by atoms with Crippen molar-refractivity contribution in [1.82, 2.24) is 5.32 Å². The third kappa shape index (κ3) is 5.72. The fraction of sp³-hybridized carbons (Fsp3) is 0.400. The molecule has 1 aromatic heterocycles. The van der Waals surface area contributed by atoms with Gasteiger partial charge in [-0.05, 0) is 79.8 Å². The predicted molar refractivity (Wildman–Crippen MR) is 144 cm³/mol. The van der Waals surface area contributed by atoms with E-state index in [9.17, 15) is 9.59 Å². The summed E-state index contributed by atoms with van der Waals surface area (Å²) in [6, 6.07) is 16.6. The molecule has 0 radical (unpaired) electrons. The summed E-state index contributed by atoms with van der Waals surface area (Å²) in [6.45, 7) is 7.05. The average Bonchev–Trinajstić information content (AvgIpc) is 3.62. The molecule has 1 aliphatic heterocycles. The highest BCUT2D eigenvalue weighted by molar-refractivity contribution is 6.08. The first-order chi connectivity index (χ1) is 18.0. The van der Waals surface area contributed by atoms with E-state index in [1.165, 1.54) is 6.26 Å². The van der Waals surface area contributed by atoms with E-state index in [0.29, 0.717) is 18.9 Å². The topological polar surface area (TPSA) is 75.0 Å². The highest BCUT2D eigenvalue weighted by atomic mass is 16.5. The molecule has 7 nitrogen and oxygen atoms in total. The number of anilines is 2. The molecule has 3 aromatic rings. The molecule has 1 aliphatic carbocycles. The second kappa shape index (κ2) is 11.2. The van der Waals surface area contributed by atoms with Gasteiger partial charge in [-0.15, -0.1) is 0 Å². The van der Waals surface area contributed by atoms with Crippen molar-refractivity contribution >= 4 is 23.2 Å². The molecule has 37 heavy (non-hydrogen) atoms. The van der Waals surface area contributed by atoms with Crippen molar-refractivity contribution in [2.75, 3.05) is 36.1 Å². The maximum absolute atomic E-state index is 14.0. The number of aryl methyl sites for hydroxylation is 2. The molecule has 1 unspecified atom stereocenters. The first-order valence-corrected chi connectivity index (χ1v) is 13.2.